The number of aromatic nitrogens is 3. The van der Waals surface area contributed by atoms with E-state index in [0.29, 0.717) is 28.1 Å². The fourth-order valence-corrected chi connectivity index (χ4v) is 2.39. The van der Waals surface area contributed by atoms with Crippen molar-refractivity contribution in [3.8, 4) is 17.1 Å². The lowest BCUT2D eigenvalue weighted by molar-refractivity contribution is 0.415. The Hall–Kier alpha value is -3.15. The summed E-state index contributed by atoms with van der Waals surface area (Å²) in [6.07, 6.45) is 1.39. The molecule has 2 aromatic carbocycles. The number of hydrogen-bond acceptors (Lipinski definition) is 5. The molecule has 0 aliphatic carbocycles. The van der Waals surface area contributed by atoms with Crippen LogP contribution < -0.4 is 10.3 Å². The Bertz CT molecular complexity index is 1050. The molecule has 0 unspecified atom stereocenters. The lowest BCUT2D eigenvalue weighted by atomic mass is 10.1. The van der Waals surface area contributed by atoms with Gasteiger partial charge in [0.1, 0.15) is 17.1 Å². The minimum atomic E-state index is -0.209. The summed E-state index contributed by atoms with van der Waals surface area (Å²) in [7, 11) is 1.56. The summed E-state index contributed by atoms with van der Waals surface area (Å²) in [5, 5.41) is 0.491. The Kier molecular flexibility index (Phi) is 2.69. The molecule has 2 heterocycles. The van der Waals surface area contributed by atoms with Crippen LogP contribution in [0, 0.1) is 0 Å². The predicted octanol–water partition coefficient (Wildman–Crippen LogP) is 2.74. The van der Waals surface area contributed by atoms with E-state index in [1.165, 1.54) is 6.39 Å². The van der Waals surface area contributed by atoms with Crippen LogP contribution in [0.25, 0.3) is 33.4 Å². The molecule has 0 fully saturated rings. The number of nitrogens with zero attached hydrogens (tertiary/aromatic N) is 2. The van der Waals surface area contributed by atoms with Gasteiger partial charge in [0.15, 0.2) is 12.0 Å². The van der Waals surface area contributed by atoms with Gasteiger partial charge in [0.25, 0.3) is 5.56 Å². The number of fused-ring (bicyclic) bond motifs is 2. The summed E-state index contributed by atoms with van der Waals surface area (Å²) in [5.41, 5.74) is 2.58. The van der Waals surface area contributed by atoms with E-state index in [9.17, 15) is 4.79 Å². The highest BCUT2D eigenvalue weighted by atomic mass is 16.5. The van der Waals surface area contributed by atoms with Crippen LogP contribution in [-0.2, 0) is 0 Å². The van der Waals surface area contributed by atoms with Crippen molar-refractivity contribution in [1.29, 1.82) is 0 Å². The van der Waals surface area contributed by atoms with Gasteiger partial charge >= 0.3 is 0 Å². The van der Waals surface area contributed by atoms with Crippen molar-refractivity contribution < 1.29 is 9.15 Å². The summed E-state index contributed by atoms with van der Waals surface area (Å²) in [4.78, 5) is 23.7. The third-order valence-corrected chi connectivity index (χ3v) is 3.52. The average Bonchev–Trinajstić information content (AvgIpc) is 3.02. The van der Waals surface area contributed by atoms with Crippen LogP contribution in [-0.4, -0.2) is 22.1 Å². The maximum atomic E-state index is 12.3. The average molecular weight is 293 g/mol. The van der Waals surface area contributed by atoms with E-state index >= 15 is 0 Å². The zero-order valence-electron chi connectivity index (χ0n) is 11.7. The molecule has 108 valence electrons. The third kappa shape index (κ3) is 1.93. The minimum Gasteiger partial charge on any atom is -0.497 e. The molecule has 0 aliphatic heterocycles. The van der Waals surface area contributed by atoms with Gasteiger partial charge < -0.3 is 14.1 Å². The molecule has 0 saturated carbocycles. The molecule has 6 nitrogen and oxygen atoms in total. The highest BCUT2D eigenvalue weighted by Gasteiger charge is 2.09. The van der Waals surface area contributed by atoms with Crippen molar-refractivity contribution in [2.45, 2.75) is 0 Å². The number of H-pyrrole nitrogens is 1. The first-order valence-corrected chi connectivity index (χ1v) is 6.66. The largest absolute Gasteiger partial charge is 0.497 e. The maximum absolute atomic E-state index is 12.3. The van der Waals surface area contributed by atoms with E-state index in [1.807, 2.05) is 12.1 Å². The Labute approximate surface area is 124 Å². The molecular weight excluding hydrogens is 282 g/mol. The SMILES string of the molecule is COc1ccc2nc(-c3ccc4ocnc4c3)[nH]c(=O)c2c1. The Balaban J connectivity index is 1.93. The fraction of sp³-hybridized carbons (Fsp3) is 0.0625. The summed E-state index contributed by atoms with van der Waals surface area (Å²) in [6.45, 7) is 0. The number of methoxy groups -OCH3 is 1. The molecule has 22 heavy (non-hydrogen) atoms. The van der Waals surface area contributed by atoms with E-state index in [-0.39, 0.29) is 5.56 Å². The predicted molar refractivity (Wildman–Crippen MR) is 81.9 cm³/mol. The molecule has 0 saturated heterocycles. The fourth-order valence-electron chi connectivity index (χ4n) is 2.39. The molecular formula is C16H11N3O3. The zero-order valence-corrected chi connectivity index (χ0v) is 11.7. The number of ether oxygens (including phenoxy) is 1. The van der Waals surface area contributed by atoms with Gasteiger partial charge in [-0.25, -0.2) is 9.97 Å². The van der Waals surface area contributed by atoms with Gasteiger partial charge in [0.2, 0.25) is 0 Å². The van der Waals surface area contributed by atoms with Crippen molar-refractivity contribution >= 4 is 22.0 Å². The van der Waals surface area contributed by atoms with Crippen LogP contribution >= 0.6 is 0 Å². The molecule has 0 amide bonds. The van der Waals surface area contributed by atoms with Crippen LogP contribution in [0.2, 0.25) is 0 Å². The van der Waals surface area contributed by atoms with E-state index in [0.717, 1.165) is 11.1 Å². The smallest absolute Gasteiger partial charge is 0.259 e. The second kappa shape index (κ2) is 4.70. The standard InChI is InChI=1S/C16H11N3O3/c1-21-10-3-4-12-11(7-10)16(20)19-15(18-12)9-2-5-14-13(6-9)17-8-22-14/h2-8H,1H3,(H,18,19,20). The number of oxazole rings is 1. The maximum Gasteiger partial charge on any atom is 0.259 e. The van der Waals surface area contributed by atoms with Gasteiger partial charge in [-0.15, -0.1) is 0 Å². The quantitative estimate of drug-likeness (QED) is 0.614. The van der Waals surface area contributed by atoms with Gasteiger partial charge in [0.05, 0.1) is 18.0 Å². The minimum absolute atomic E-state index is 0.209. The van der Waals surface area contributed by atoms with Crippen molar-refractivity contribution in [2.75, 3.05) is 7.11 Å². The molecule has 0 bridgehead atoms. The van der Waals surface area contributed by atoms with Crippen LogP contribution in [0.3, 0.4) is 0 Å². The summed E-state index contributed by atoms with van der Waals surface area (Å²) in [5.74, 6) is 1.11. The van der Waals surface area contributed by atoms with Crippen molar-refractivity contribution in [3.05, 3.63) is 53.1 Å². The second-order valence-corrected chi connectivity index (χ2v) is 4.83. The van der Waals surface area contributed by atoms with Crippen molar-refractivity contribution in [2.24, 2.45) is 0 Å². The van der Waals surface area contributed by atoms with E-state index < -0.39 is 0 Å². The molecule has 0 spiro atoms. The highest BCUT2D eigenvalue weighted by Crippen LogP contribution is 2.22. The Morgan fingerprint density at radius 3 is 2.91 bits per heavy atom. The van der Waals surface area contributed by atoms with E-state index in [1.54, 1.807) is 31.4 Å². The zero-order chi connectivity index (χ0) is 15.1. The lowest BCUT2D eigenvalue weighted by Gasteiger charge is -2.05. The molecule has 2 aromatic heterocycles. The van der Waals surface area contributed by atoms with Gasteiger partial charge in [-0.05, 0) is 36.4 Å². The summed E-state index contributed by atoms with van der Waals surface area (Å²) >= 11 is 0. The molecule has 6 heteroatoms. The molecule has 0 radical (unpaired) electrons. The van der Waals surface area contributed by atoms with Crippen molar-refractivity contribution in [3.63, 3.8) is 0 Å². The number of hydrogen-bond donors (Lipinski definition) is 1. The van der Waals surface area contributed by atoms with Gasteiger partial charge in [-0.3, -0.25) is 4.79 Å². The highest BCUT2D eigenvalue weighted by molar-refractivity contribution is 5.83. The molecule has 0 atom stereocenters. The first kappa shape index (κ1) is 12.6. The van der Waals surface area contributed by atoms with Crippen molar-refractivity contribution in [1.82, 2.24) is 15.0 Å². The Morgan fingerprint density at radius 1 is 1.14 bits per heavy atom. The van der Waals surface area contributed by atoms with Gasteiger partial charge in [0, 0.05) is 5.56 Å². The topological polar surface area (TPSA) is 81.0 Å². The number of rotatable bonds is 2. The van der Waals surface area contributed by atoms with Crippen LogP contribution in [0.4, 0.5) is 0 Å². The first-order chi connectivity index (χ1) is 10.7. The lowest BCUT2D eigenvalue weighted by Crippen LogP contribution is -2.09. The second-order valence-electron chi connectivity index (χ2n) is 4.83. The third-order valence-electron chi connectivity index (χ3n) is 3.52. The normalized spacial score (nSPS) is 11.1. The van der Waals surface area contributed by atoms with E-state index in [4.69, 9.17) is 9.15 Å². The first-order valence-electron chi connectivity index (χ1n) is 6.66. The van der Waals surface area contributed by atoms with Gasteiger partial charge in [-0.2, -0.15) is 0 Å². The number of benzene rings is 2. The molecule has 1 N–H and O–H groups in total. The molecule has 4 aromatic rings. The van der Waals surface area contributed by atoms with Crippen LogP contribution in [0.15, 0.2) is 52.0 Å². The number of nitrogens with one attached hydrogen (secondary N) is 1. The van der Waals surface area contributed by atoms with Crippen LogP contribution in [0.1, 0.15) is 0 Å². The number of aromatic amines is 1. The molecule has 0 aliphatic rings. The Morgan fingerprint density at radius 2 is 2.05 bits per heavy atom. The van der Waals surface area contributed by atoms with Gasteiger partial charge in [-0.1, -0.05) is 0 Å². The molecule has 4 rings (SSSR count). The monoisotopic (exact) mass is 293 g/mol. The van der Waals surface area contributed by atoms with E-state index in [2.05, 4.69) is 15.0 Å². The summed E-state index contributed by atoms with van der Waals surface area (Å²) < 4.78 is 10.3. The summed E-state index contributed by atoms with van der Waals surface area (Å²) in [6, 6.07) is 10.7. The van der Waals surface area contributed by atoms with Crippen LogP contribution in [0.5, 0.6) is 5.75 Å².